The molecule has 0 radical (unpaired) electrons. The highest BCUT2D eigenvalue weighted by Crippen LogP contribution is 2.18. The summed E-state index contributed by atoms with van der Waals surface area (Å²) in [7, 11) is 0. The van der Waals surface area contributed by atoms with Crippen molar-refractivity contribution in [1.82, 2.24) is 9.80 Å². The fourth-order valence-corrected chi connectivity index (χ4v) is 2.69. The van der Waals surface area contributed by atoms with Crippen molar-refractivity contribution in [3.63, 3.8) is 0 Å². The molecule has 104 valence electrons. The van der Waals surface area contributed by atoms with Crippen LogP contribution in [0.4, 0.5) is 0 Å². The van der Waals surface area contributed by atoms with E-state index in [9.17, 15) is 4.79 Å². The molecule has 0 unspecified atom stereocenters. The zero-order chi connectivity index (χ0) is 13.7. The standard InChI is InChI=1S/C16H24N2O/c1-3-17(4-2)12-13-18-11-7-9-14-8-5-6-10-15(14)16(18)19/h5-6,8,10H,3-4,7,9,11-13H2,1-2H3. The lowest BCUT2D eigenvalue weighted by Gasteiger charge is -2.25. The molecule has 3 heteroatoms. The first-order chi connectivity index (χ1) is 9.26. The molecule has 3 nitrogen and oxygen atoms in total. The first-order valence-electron chi connectivity index (χ1n) is 7.35. The van der Waals surface area contributed by atoms with Crippen LogP contribution in [0.2, 0.25) is 0 Å². The molecule has 1 amide bonds. The van der Waals surface area contributed by atoms with Crippen molar-refractivity contribution in [2.45, 2.75) is 26.7 Å². The molecule has 0 fully saturated rings. The van der Waals surface area contributed by atoms with Gasteiger partial charge in [-0.15, -0.1) is 0 Å². The topological polar surface area (TPSA) is 23.6 Å². The molecular formula is C16H24N2O. The zero-order valence-electron chi connectivity index (χ0n) is 12.1. The molecule has 0 aliphatic carbocycles. The van der Waals surface area contributed by atoms with Gasteiger partial charge in [-0.2, -0.15) is 0 Å². The van der Waals surface area contributed by atoms with Gasteiger partial charge in [0.15, 0.2) is 0 Å². The van der Waals surface area contributed by atoms with E-state index in [4.69, 9.17) is 0 Å². The first-order valence-corrected chi connectivity index (χ1v) is 7.35. The monoisotopic (exact) mass is 260 g/mol. The smallest absolute Gasteiger partial charge is 0.254 e. The predicted octanol–water partition coefficient (Wildman–Crippen LogP) is 2.42. The van der Waals surface area contributed by atoms with Gasteiger partial charge in [0.05, 0.1) is 0 Å². The molecule has 1 aromatic carbocycles. The predicted molar refractivity (Wildman–Crippen MR) is 78.5 cm³/mol. The van der Waals surface area contributed by atoms with Crippen molar-refractivity contribution in [3.8, 4) is 0 Å². The molecule has 0 spiro atoms. The summed E-state index contributed by atoms with van der Waals surface area (Å²) in [4.78, 5) is 16.9. The molecular weight excluding hydrogens is 236 g/mol. The second kappa shape index (κ2) is 6.71. The van der Waals surface area contributed by atoms with E-state index in [0.717, 1.165) is 51.1 Å². The molecule has 1 aliphatic rings. The Labute approximate surface area is 116 Å². The Balaban J connectivity index is 2.05. The van der Waals surface area contributed by atoms with Crippen LogP contribution in [-0.2, 0) is 6.42 Å². The summed E-state index contributed by atoms with van der Waals surface area (Å²) in [6.45, 7) is 9.14. The molecule has 0 N–H and O–H groups in total. The van der Waals surface area contributed by atoms with Gasteiger partial charge >= 0.3 is 0 Å². The maximum absolute atomic E-state index is 12.5. The fourth-order valence-electron chi connectivity index (χ4n) is 2.69. The van der Waals surface area contributed by atoms with Crippen LogP contribution >= 0.6 is 0 Å². The van der Waals surface area contributed by atoms with E-state index in [1.165, 1.54) is 5.56 Å². The van der Waals surface area contributed by atoms with Crippen LogP contribution in [-0.4, -0.2) is 48.4 Å². The minimum atomic E-state index is 0.209. The molecule has 19 heavy (non-hydrogen) atoms. The highest BCUT2D eigenvalue weighted by atomic mass is 16.2. The normalized spacial score (nSPS) is 15.5. The Morgan fingerprint density at radius 2 is 1.95 bits per heavy atom. The number of nitrogens with zero attached hydrogens (tertiary/aromatic N) is 2. The van der Waals surface area contributed by atoms with Crippen LogP contribution in [0.15, 0.2) is 24.3 Å². The van der Waals surface area contributed by atoms with Gasteiger partial charge in [0, 0.05) is 25.2 Å². The van der Waals surface area contributed by atoms with Gasteiger partial charge in [0.1, 0.15) is 0 Å². The minimum Gasteiger partial charge on any atom is -0.337 e. The maximum atomic E-state index is 12.5. The Kier molecular flexibility index (Phi) is 4.97. The van der Waals surface area contributed by atoms with Crippen LogP contribution in [0.5, 0.6) is 0 Å². The molecule has 0 saturated heterocycles. The van der Waals surface area contributed by atoms with Gasteiger partial charge in [0.2, 0.25) is 0 Å². The van der Waals surface area contributed by atoms with Gasteiger partial charge in [-0.05, 0) is 37.6 Å². The van der Waals surface area contributed by atoms with Crippen LogP contribution < -0.4 is 0 Å². The fraction of sp³-hybridized carbons (Fsp3) is 0.562. The number of carbonyl (C=O) groups excluding carboxylic acids is 1. The van der Waals surface area contributed by atoms with Crippen LogP contribution in [0.3, 0.4) is 0 Å². The van der Waals surface area contributed by atoms with Crippen molar-refractivity contribution >= 4 is 5.91 Å². The lowest BCUT2D eigenvalue weighted by Crippen LogP contribution is -2.38. The van der Waals surface area contributed by atoms with Gasteiger partial charge in [-0.25, -0.2) is 0 Å². The average Bonchev–Trinajstić information content (AvgIpc) is 2.60. The third-order valence-electron chi connectivity index (χ3n) is 3.99. The van der Waals surface area contributed by atoms with Gasteiger partial charge in [0.25, 0.3) is 5.91 Å². The number of rotatable bonds is 5. The number of amides is 1. The summed E-state index contributed by atoms with van der Waals surface area (Å²) in [5.41, 5.74) is 2.11. The number of fused-ring (bicyclic) bond motifs is 1. The Hall–Kier alpha value is -1.35. The van der Waals surface area contributed by atoms with Crippen molar-refractivity contribution in [1.29, 1.82) is 0 Å². The van der Waals surface area contributed by atoms with Crippen LogP contribution in [0.1, 0.15) is 36.2 Å². The quantitative estimate of drug-likeness (QED) is 0.811. The number of carbonyl (C=O) groups is 1. The van der Waals surface area contributed by atoms with Crippen molar-refractivity contribution < 1.29 is 4.79 Å². The number of likely N-dealkylation sites (N-methyl/N-ethyl adjacent to an activating group) is 1. The summed E-state index contributed by atoms with van der Waals surface area (Å²) >= 11 is 0. The summed E-state index contributed by atoms with van der Waals surface area (Å²) in [5, 5.41) is 0. The number of benzene rings is 1. The minimum absolute atomic E-state index is 0.209. The number of hydrogen-bond acceptors (Lipinski definition) is 2. The van der Waals surface area contributed by atoms with Gasteiger partial charge < -0.3 is 9.80 Å². The number of hydrogen-bond donors (Lipinski definition) is 0. The van der Waals surface area contributed by atoms with E-state index in [-0.39, 0.29) is 5.91 Å². The van der Waals surface area contributed by atoms with Crippen molar-refractivity contribution in [2.75, 3.05) is 32.7 Å². The third kappa shape index (κ3) is 3.35. The highest BCUT2D eigenvalue weighted by molar-refractivity contribution is 5.96. The van der Waals surface area contributed by atoms with E-state index in [2.05, 4.69) is 24.8 Å². The van der Waals surface area contributed by atoms with E-state index >= 15 is 0 Å². The zero-order valence-corrected chi connectivity index (χ0v) is 12.1. The maximum Gasteiger partial charge on any atom is 0.254 e. The Morgan fingerprint density at radius 3 is 2.68 bits per heavy atom. The Bertz CT molecular complexity index is 427. The second-order valence-corrected chi connectivity index (χ2v) is 5.08. The summed E-state index contributed by atoms with van der Waals surface area (Å²) in [6.07, 6.45) is 2.09. The summed E-state index contributed by atoms with van der Waals surface area (Å²) in [5.74, 6) is 0.209. The van der Waals surface area contributed by atoms with Crippen molar-refractivity contribution in [3.05, 3.63) is 35.4 Å². The van der Waals surface area contributed by atoms with Crippen molar-refractivity contribution in [2.24, 2.45) is 0 Å². The first kappa shape index (κ1) is 14.1. The average molecular weight is 260 g/mol. The van der Waals surface area contributed by atoms with Crippen LogP contribution in [0.25, 0.3) is 0 Å². The molecule has 2 rings (SSSR count). The highest BCUT2D eigenvalue weighted by Gasteiger charge is 2.21. The molecule has 0 bridgehead atoms. The van der Waals surface area contributed by atoms with E-state index < -0.39 is 0 Å². The van der Waals surface area contributed by atoms with Gasteiger partial charge in [-0.3, -0.25) is 4.79 Å². The molecule has 0 atom stereocenters. The Morgan fingerprint density at radius 1 is 1.21 bits per heavy atom. The lowest BCUT2D eigenvalue weighted by atomic mass is 10.0. The largest absolute Gasteiger partial charge is 0.337 e. The molecule has 1 aliphatic heterocycles. The summed E-state index contributed by atoms with van der Waals surface area (Å²) < 4.78 is 0. The van der Waals surface area contributed by atoms with Crippen LogP contribution in [0, 0.1) is 0 Å². The molecule has 0 saturated carbocycles. The van der Waals surface area contributed by atoms with Gasteiger partial charge in [-0.1, -0.05) is 32.0 Å². The summed E-state index contributed by atoms with van der Waals surface area (Å²) in [6, 6.07) is 8.04. The van der Waals surface area contributed by atoms with E-state index in [1.54, 1.807) is 0 Å². The van der Waals surface area contributed by atoms with E-state index in [0.29, 0.717) is 0 Å². The third-order valence-corrected chi connectivity index (χ3v) is 3.99. The molecule has 1 aromatic rings. The lowest BCUT2D eigenvalue weighted by molar-refractivity contribution is 0.0743. The molecule has 0 aromatic heterocycles. The van der Waals surface area contributed by atoms with E-state index in [1.807, 2.05) is 23.1 Å². The SMILES string of the molecule is CCN(CC)CCN1CCCc2ccccc2C1=O. The number of aryl methyl sites for hydroxylation is 1. The molecule has 1 heterocycles. The second-order valence-electron chi connectivity index (χ2n) is 5.08.